The van der Waals surface area contributed by atoms with Crippen LogP contribution in [-0.4, -0.2) is 20.6 Å². The summed E-state index contributed by atoms with van der Waals surface area (Å²) in [5.74, 6) is 1.08. The standard InChI is InChI=1S/C15H16ClN7/c16-10-4-1-8(17)5-11(10)21-14-6-12(20-9-2-3-9)15-19-7-13(18)23(15)22-14/h1,4-7,9,20H,2-3,17-18H2,(H,21,22). The van der Waals surface area contributed by atoms with Crippen LogP contribution >= 0.6 is 11.6 Å². The highest BCUT2D eigenvalue weighted by molar-refractivity contribution is 6.33. The molecule has 2 aromatic heterocycles. The molecule has 1 fully saturated rings. The van der Waals surface area contributed by atoms with Gasteiger partial charge in [0.2, 0.25) is 0 Å². The van der Waals surface area contributed by atoms with E-state index in [1.807, 2.05) is 6.07 Å². The van der Waals surface area contributed by atoms with E-state index in [0.717, 1.165) is 18.5 Å². The van der Waals surface area contributed by atoms with Crippen LogP contribution in [0.5, 0.6) is 0 Å². The number of hydrogen-bond acceptors (Lipinski definition) is 6. The zero-order valence-corrected chi connectivity index (χ0v) is 13.0. The Morgan fingerprint density at radius 1 is 1.17 bits per heavy atom. The van der Waals surface area contributed by atoms with Crippen LogP contribution in [0.2, 0.25) is 5.02 Å². The summed E-state index contributed by atoms with van der Waals surface area (Å²) in [6.45, 7) is 0. The molecule has 0 saturated heterocycles. The van der Waals surface area contributed by atoms with E-state index in [4.69, 9.17) is 23.1 Å². The zero-order chi connectivity index (χ0) is 16.0. The van der Waals surface area contributed by atoms with E-state index in [9.17, 15) is 0 Å². The normalized spacial score (nSPS) is 14.1. The molecule has 118 valence electrons. The third kappa shape index (κ3) is 2.70. The summed E-state index contributed by atoms with van der Waals surface area (Å²) in [6.07, 6.45) is 3.92. The second-order valence-corrected chi connectivity index (χ2v) is 6.05. The molecule has 3 aromatic rings. The van der Waals surface area contributed by atoms with E-state index in [1.165, 1.54) is 0 Å². The van der Waals surface area contributed by atoms with Gasteiger partial charge in [-0.05, 0) is 31.0 Å². The van der Waals surface area contributed by atoms with E-state index < -0.39 is 0 Å². The topological polar surface area (TPSA) is 106 Å². The Morgan fingerprint density at radius 2 is 2.00 bits per heavy atom. The maximum Gasteiger partial charge on any atom is 0.179 e. The highest BCUT2D eigenvalue weighted by atomic mass is 35.5. The van der Waals surface area contributed by atoms with E-state index in [1.54, 1.807) is 28.9 Å². The van der Waals surface area contributed by atoms with Gasteiger partial charge in [-0.15, -0.1) is 5.10 Å². The minimum Gasteiger partial charge on any atom is -0.399 e. The van der Waals surface area contributed by atoms with Crippen molar-refractivity contribution in [1.82, 2.24) is 14.6 Å². The molecule has 8 heteroatoms. The molecule has 0 bridgehead atoms. The van der Waals surface area contributed by atoms with Crippen molar-refractivity contribution >= 4 is 45.9 Å². The lowest BCUT2D eigenvalue weighted by atomic mass is 10.3. The molecule has 0 amide bonds. The Hall–Kier alpha value is -2.67. The lowest BCUT2D eigenvalue weighted by molar-refractivity contribution is 0.949. The monoisotopic (exact) mass is 329 g/mol. The molecule has 0 unspecified atom stereocenters. The Morgan fingerprint density at radius 3 is 2.78 bits per heavy atom. The van der Waals surface area contributed by atoms with Crippen LogP contribution in [-0.2, 0) is 0 Å². The van der Waals surface area contributed by atoms with Crippen molar-refractivity contribution in [2.75, 3.05) is 22.1 Å². The van der Waals surface area contributed by atoms with E-state index in [0.29, 0.717) is 39.7 Å². The van der Waals surface area contributed by atoms with Crippen molar-refractivity contribution in [2.45, 2.75) is 18.9 Å². The summed E-state index contributed by atoms with van der Waals surface area (Å²) < 4.78 is 1.60. The van der Waals surface area contributed by atoms with Crippen LogP contribution in [0.3, 0.4) is 0 Å². The van der Waals surface area contributed by atoms with Gasteiger partial charge in [-0.1, -0.05) is 11.6 Å². The molecule has 23 heavy (non-hydrogen) atoms. The van der Waals surface area contributed by atoms with Crippen LogP contribution in [0, 0.1) is 0 Å². The second-order valence-electron chi connectivity index (χ2n) is 5.64. The number of hydrogen-bond donors (Lipinski definition) is 4. The van der Waals surface area contributed by atoms with Crippen molar-refractivity contribution in [1.29, 1.82) is 0 Å². The van der Waals surface area contributed by atoms with Gasteiger partial charge in [0, 0.05) is 17.8 Å². The largest absolute Gasteiger partial charge is 0.399 e. The minimum atomic E-state index is 0.473. The first-order valence-electron chi connectivity index (χ1n) is 7.33. The van der Waals surface area contributed by atoms with Gasteiger partial charge >= 0.3 is 0 Å². The van der Waals surface area contributed by atoms with Crippen LogP contribution in [0.4, 0.5) is 28.7 Å². The summed E-state index contributed by atoms with van der Waals surface area (Å²) in [5, 5.41) is 11.7. The molecule has 7 nitrogen and oxygen atoms in total. The molecule has 2 heterocycles. The predicted octanol–water partition coefficient (Wildman–Crippen LogP) is 2.87. The average Bonchev–Trinajstić information content (AvgIpc) is 3.26. The molecule has 0 spiro atoms. The molecule has 1 aliphatic carbocycles. The molecule has 1 aromatic carbocycles. The fourth-order valence-corrected chi connectivity index (χ4v) is 2.54. The number of benzene rings is 1. The number of fused-ring (bicyclic) bond motifs is 1. The van der Waals surface area contributed by atoms with Crippen molar-refractivity contribution in [3.05, 3.63) is 35.5 Å². The Labute approximate surface area is 137 Å². The maximum atomic E-state index is 6.20. The van der Waals surface area contributed by atoms with Gasteiger partial charge in [-0.2, -0.15) is 4.52 Å². The SMILES string of the molecule is Nc1ccc(Cl)c(Nc2cc(NC3CC3)c3ncc(N)n3n2)c1. The van der Waals surface area contributed by atoms with Gasteiger partial charge in [0.05, 0.1) is 22.6 Å². The lowest BCUT2D eigenvalue weighted by Crippen LogP contribution is -2.08. The number of nitrogens with one attached hydrogen (secondary N) is 2. The fourth-order valence-electron chi connectivity index (χ4n) is 2.38. The van der Waals surface area contributed by atoms with Gasteiger partial charge in [0.1, 0.15) is 5.82 Å². The third-order valence-electron chi connectivity index (χ3n) is 3.68. The highest BCUT2D eigenvalue weighted by Gasteiger charge is 2.23. The molecule has 6 N–H and O–H groups in total. The highest BCUT2D eigenvalue weighted by Crippen LogP contribution is 2.31. The first-order chi connectivity index (χ1) is 11.1. The number of rotatable bonds is 4. The Balaban J connectivity index is 1.76. The number of imidazole rings is 1. The number of nitrogens with zero attached hydrogens (tertiary/aromatic N) is 3. The van der Waals surface area contributed by atoms with Gasteiger partial charge in [0.25, 0.3) is 0 Å². The van der Waals surface area contributed by atoms with E-state index >= 15 is 0 Å². The van der Waals surface area contributed by atoms with Gasteiger partial charge in [-0.25, -0.2) is 4.98 Å². The minimum absolute atomic E-state index is 0.473. The van der Waals surface area contributed by atoms with Crippen LogP contribution < -0.4 is 22.1 Å². The Bertz CT molecular complexity index is 885. The van der Waals surface area contributed by atoms with E-state index in [2.05, 4.69) is 20.7 Å². The quantitative estimate of drug-likeness (QED) is 0.548. The summed E-state index contributed by atoms with van der Waals surface area (Å²) >= 11 is 6.20. The van der Waals surface area contributed by atoms with E-state index in [-0.39, 0.29) is 0 Å². The average molecular weight is 330 g/mol. The van der Waals surface area contributed by atoms with Crippen LogP contribution in [0.25, 0.3) is 5.65 Å². The van der Waals surface area contributed by atoms with Crippen molar-refractivity contribution in [3.63, 3.8) is 0 Å². The van der Waals surface area contributed by atoms with Gasteiger partial charge in [0.15, 0.2) is 11.5 Å². The number of anilines is 5. The molecule has 1 aliphatic rings. The van der Waals surface area contributed by atoms with Crippen molar-refractivity contribution < 1.29 is 0 Å². The molecule has 0 atom stereocenters. The molecule has 0 aliphatic heterocycles. The number of aromatic nitrogens is 3. The number of halogens is 1. The lowest BCUT2D eigenvalue weighted by Gasteiger charge is -2.12. The molecule has 1 saturated carbocycles. The molecule has 4 rings (SSSR count). The van der Waals surface area contributed by atoms with Crippen LogP contribution in [0.15, 0.2) is 30.5 Å². The number of nitrogens with two attached hydrogens (primary N) is 2. The maximum absolute atomic E-state index is 6.20. The summed E-state index contributed by atoms with van der Waals surface area (Å²) in [6, 6.07) is 7.65. The van der Waals surface area contributed by atoms with Gasteiger partial charge < -0.3 is 22.1 Å². The molecule has 0 radical (unpaired) electrons. The van der Waals surface area contributed by atoms with Crippen molar-refractivity contribution in [2.24, 2.45) is 0 Å². The van der Waals surface area contributed by atoms with Crippen LogP contribution in [0.1, 0.15) is 12.8 Å². The molecular formula is C15H16ClN7. The summed E-state index contributed by atoms with van der Waals surface area (Å²) in [5.41, 5.74) is 14.7. The third-order valence-corrected chi connectivity index (χ3v) is 4.01. The smallest absolute Gasteiger partial charge is 0.179 e. The molecular weight excluding hydrogens is 314 g/mol. The predicted molar refractivity (Wildman–Crippen MR) is 93.2 cm³/mol. The summed E-state index contributed by atoms with van der Waals surface area (Å²) in [4.78, 5) is 4.32. The first kappa shape index (κ1) is 14.0. The Kier molecular flexibility index (Phi) is 3.16. The van der Waals surface area contributed by atoms with Gasteiger partial charge in [-0.3, -0.25) is 0 Å². The number of nitrogen functional groups attached to an aromatic ring is 2. The second kappa shape index (κ2) is 5.20. The fraction of sp³-hybridized carbons (Fsp3) is 0.200. The first-order valence-corrected chi connectivity index (χ1v) is 7.71. The zero-order valence-electron chi connectivity index (χ0n) is 12.3. The summed E-state index contributed by atoms with van der Waals surface area (Å²) in [7, 11) is 0. The van der Waals surface area contributed by atoms with Crippen molar-refractivity contribution in [3.8, 4) is 0 Å².